The number of rotatable bonds is 7. The molecule has 1 fully saturated rings. The fraction of sp³-hybridized carbons (Fsp3) is 0.375. The highest BCUT2D eigenvalue weighted by molar-refractivity contribution is 7.99. The van der Waals surface area contributed by atoms with Crippen molar-refractivity contribution in [3.8, 4) is 0 Å². The van der Waals surface area contributed by atoms with Crippen molar-refractivity contribution >= 4 is 35.3 Å². The molecule has 1 unspecified atom stereocenters. The van der Waals surface area contributed by atoms with Crippen LogP contribution in [0.1, 0.15) is 25.6 Å². The van der Waals surface area contributed by atoms with Gasteiger partial charge in [-0.25, -0.2) is 0 Å². The van der Waals surface area contributed by atoms with Crippen LogP contribution in [-0.2, 0) is 10.5 Å². The molecule has 24 heavy (non-hydrogen) atoms. The lowest BCUT2D eigenvalue weighted by molar-refractivity contribution is -0.120. The smallest absolute Gasteiger partial charge is 0.233 e. The maximum Gasteiger partial charge on any atom is 0.233 e. The quantitative estimate of drug-likeness (QED) is 0.706. The number of anilines is 3. The monoisotopic (exact) mass is 344 g/mol. The van der Waals surface area contributed by atoms with Crippen molar-refractivity contribution in [3.63, 3.8) is 0 Å². The van der Waals surface area contributed by atoms with Gasteiger partial charge in [0, 0.05) is 11.7 Å². The number of nitrogens with two attached hydrogens (primary N) is 1. The molecule has 4 N–H and O–H groups in total. The number of thioether (sulfide) groups is 1. The number of nitrogens with one attached hydrogen (secondary N) is 2. The van der Waals surface area contributed by atoms with E-state index in [2.05, 4.69) is 25.6 Å². The van der Waals surface area contributed by atoms with Gasteiger partial charge in [0.25, 0.3) is 0 Å². The van der Waals surface area contributed by atoms with Crippen LogP contribution in [0, 0.1) is 0 Å². The summed E-state index contributed by atoms with van der Waals surface area (Å²) >= 11 is 1.48. The van der Waals surface area contributed by atoms with Gasteiger partial charge in [-0.3, -0.25) is 4.79 Å². The Morgan fingerprint density at radius 1 is 1.29 bits per heavy atom. The highest BCUT2D eigenvalue weighted by Gasteiger charge is 2.25. The van der Waals surface area contributed by atoms with Gasteiger partial charge in [0.1, 0.15) is 5.82 Å². The van der Waals surface area contributed by atoms with Gasteiger partial charge in [-0.05, 0) is 31.9 Å². The number of carbonyl (C=O) groups is 1. The van der Waals surface area contributed by atoms with E-state index in [1.807, 2.05) is 37.3 Å². The first-order valence-corrected chi connectivity index (χ1v) is 8.89. The Labute approximate surface area is 144 Å². The molecule has 0 radical (unpaired) electrons. The number of hydrogen-bond acceptors (Lipinski definition) is 7. The molecule has 1 aromatic heterocycles. The predicted molar refractivity (Wildman–Crippen MR) is 95.9 cm³/mol. The maximum atomic E-state index is 12.0. The zero-order valence-corrected chi connectivity index (χ0v) is 14.2. The standard InChI is InChI=1S/C16H20N6OS/c1-10(14(23)18-12-7-8-12)24-9-13-20-15(17)22-16(21-13)19-11-5-3-2-4-6-11/h2-6,10,12H,7-9H2,1H3,(H,18,23)(H3,17,19,20,21,22). The van der Waals surface area contributed by atoms with Crippen molar-refractivity contribution in [1.82, 2.24) is 20.3 Å². The van der Waals surface area contributed by atoms with Crippen LogP contribution in [0.5, 0.6) is 0 Å². The van der Waals surface area contributed by atoms with E-state index >= 15 is 0 Å². The minimum absolute atomic E-state index is 0.0622. The molecule has 1 aliphatic carbocycles. The van der Waals surface area contributed by atoms with Crippen molar-refractivity contribution in [2.75, 3.05) is 11.1 Å². The zero-order valence-electron chi connectivity index (χ0n) is 13.4. The van der Waals surface area contributed by atoms with Gasteiger partial charge in [0.05, 0.1) is 11.0 Å². The summed E-state index contributed by atoms with van der Waals surface area (Å²) in [5.74, 6) is 1.67. The number of benzene rings is 1. The molecule has 8 heteroatoms. The average Bonchev–Trinajstić information content (AvgIpc) is 3.37. The molecule has 2 aromatic rings. The van der Waals surface area contributed by atoms with Crippen LogP contribution < -0.4 is 16.4 Å². The summed E-state index contributed by atoms with van der Waals surface area (Å²) in [5, 5.41) is 5.94. The first-order valence-electron chi connectivity index (χ1n) is 7.84. The predicted octanol–water partition coefficient (Wildman–Crippen LogP) is 2.10. The summed E-state index contributed by atoms with van der Waals surface area (Å²) in [6, 6.07) is 9.98. The minimum atomic E-state index is -0.158. The van der Waals surface area contributed by atoms with Crippen LogP contribution in [0.15, 0.2) is 30.3 Å². The fourth-order valence-corrected chi connectivity index (χ4v) is 2.78. The van der Waals surface area contributed by atoms with Crippen LogP contribution >= 0.6 is 11.8 Å². The number of hydrogen-bond donors (Lipinski definition) is 3. The lowest BCUT2D eigenvalue weighted by Gasteiger charge is -2.11. The third-order valence-electron chi connectivity index (χ3n) is 3.48. The Morgan fingerprint density at radius 2 is 2.04 bits per heavy atom. The van der Waals surface area contributed by atoms with E-state index in [0.29, 0.717) is 23.6 Å². The van der Waals surface area contributed by atoms with Crippen LogP contribution in [0.4, 0.5) is 17.6 Å². The highest BCUT2D eigenvalue weighted by atomic mass is 32.2. The first kappa shape index (κ1) is 16.5. The summed E-state index contributed by atoms with van der Waals surface area (Å²) in [4.78, 5) is 24.6. The molecule has 3 rings (SSSR count). The van der Waals surface area contributed by atoms with E-state index in [1.54, 1.807) is 0 Å². The lowest BCUT2D eigenvalue weighted by Crippen LogP contribution is -2.32. The van der Waals surface area contributed by atoms with Gasteiger partial charge in [0.15, 0.2) is 0 Å². The van der Waals surface area contributed by atoms with Gasteiger partial charge in [-0.1, -0.05) is 18.2 Å². The molecule has 0 spiro atoms. The molecule has 1 amide bonds. The number of carbonyl (C=O) groups excluding carboxylic acids is 1. The molecular formula is C16H20N6OS. The van der Waals surface area contributed by atoms with Gasteiger partial charge in [-0.15, -0.1) is 11.8 Å². The Hall–Kier alpha value is -2.35. The highest BCUT2D eigenvalue weighted by Crippen LogP contribution is 2.22. The largest absolute Gasteiger partial charge is 0.368 e. The van der Waals surface area contributed by atoms with E-state index in [0.717, 1.165) is 18.5 Å². The Kier molecular flexibility index (Phi) is 5.14. The minimum Gasteiger partial charge on any atom is -0.368 e. The Morgan fingerprint density at radius 3 is 2.75 bits per heavy atom. The van der Waals surface area contributed by atoms with Crippen molar-refractivity contribution in [2.24, 2.45) is 0 Å². The van der Waals surface area contributed by atoms with Crippen molar-refractivity contribution in [1.29, 1.82) is 0 Å². The van der Waals surface area contributed by atoms with E-state index in [-0.39, 0.29) is 17.1 Å². The van der Waals surface area contributed by atoms with E-state index < -0.39 is 0 Å². The Balaban J connectivity index is 1.59. The van der Waals surface area contributed by atoms with Crippen molar-refractivity contribution in [3.05, 3.63) is 36.2 Å². The Bertz CT molecular complexity index is 707. The third-order valence-corrected chi connectivity index (χ3v) is 4.62. The topological polar surface area (TPSA) is 106 Å². The molecule has 1 aromatic carbocycles. The van der Waals surface area contributed by atoms with Crippen LogP contribution in [-0.4, -0.2) is 32.2 Å². The SMILES string of the molecule is CC(SCc1nc(N)nc(Nc2ccccc2)n1)C(=O)NC1CC1. The normalized spacial score (nSPS) is 14.9. The molecule has 7 nitrogen and oxygen atoms in total. The summed E-state index contributed by atoms with van der Waals surface area (Å²) in [6.07, 6.45) is 2.17. The molecule has 1 atom stereocenters. The molecule has 126 valence electrons. The lowest BCUT2D eigenvalue weighted by atomic mass is 10.3. The molecule has 1 saturated carbocycles. The summed E-state index contributed by atoms with van der Waals surface area (Å²) < 4.78 is 0. The van der Waals surface area contributed by atoms with Crippen molar-refractivity contribution < 1.29 is 4.79 Å². The molecule has 1 aliphatic rings. The second kappa shape index (κ2) is 7.48. The number of nitrogen functional groups attached to an aromatic ring is 1. The number of aromatic nitrogens is 3. The second-order valence-electron chi connectivity index (χ2n) is 5.66. The number of para-hydroxylation sites is 1. The average molecular weight is 344 g/mol. The van der Waals surface area contributed by atoms with Crippen molar-refractivity contribution in [2.45, 2.75) is 36.8 Å². The molecule has 0 aliphatic heterocycles. The zero-order chi connectivity index (χ0) is 16.9. The molecule has 0 saturated heterocycles. The third kappa shape index (κ3) is 4.82. The van der Waals surface area contributed by atoms with Crippen LogP contribution in [0.3, 0.4) is 0 Å². The first-order chi connectivity index (χ1) is 11.6. The van der Waals surface area contributed by atoms with Crippen LogP contribution in [0.25, 0.3) is 0 Å². The van der Waals surface area contributed by atoms with E-state index in [9.17, 15) is 4.79 Å². The fourth-order valence-electron chi connectivity index (χ4n) is 2.03. The number of amides is 1. The van der Waals surface area contributed by atoms with E-state index in [1.165, 1.54) is 11.8 Å². The molecule has 1 heterocycles. The van der Waals surface area contributed by atoms with E-state index in [4.69, 9.17) is 5.73 Å². The maximum absolute atomic E-state index is 12.0. The van der Waals surface area contributed by atoms with Gasteiger partial charge < -0.3 is 16.4 Å². The van der Waals surface area contributed by atoms with Gasteiger partial charge in [0.2, 0.25) is 17.8 Å². The summed E-state index contributed by atoms with van der Waals surface area (Å²) in [5.41, 5.74) is 6.64. The second-order valence-corrected chi connectivity index (χ2v) is 6.99. The number of nitrogens with zero attached hydrogens (tertiary/aromatic N) is 3. The molecular weight excluding hydrogens is 324 g/mol. The summed E-state index contributed by atoms with van der Waals surface area (Å²) in [6.45, 7) is 1.88. The molecule has 0 bridgehead atoms. The van der Waals surface area contributed by atoms with Gasteiger partial charge >= 0.3 is 0 Å². The van der Waals surface area contributed by atoms with Crippen LogP contribution in [0.2, 0.25) is 0 Å². The van der Waals surface area contributed by atoms with Gasteiger partial charge in [-0.2, -0.15) is 15.0 Å². The summed E-state index contributed by atoms with van der Waals surface area (Å²) in [7, 11) is 0.